The summed E-state index contributed by atoms with van der Waals surface area (Å²) < 4.78 is 69.2. The molecule has 8 aliphatic heterocycles. The molecule has 6 saturated heterocycles. The van der Waals surface area contributed by atoms with E-state index in [1.165, 1.54) is 12.1 Å². The van der Waals surface area contributed by atoms with Crippen LogP contribution in [-0.4, -0.2) is 97.4 Å². The standard InChI is InChI=1S/2C24H26F2N2O2/c2*25-20-7-3-6-19(21(20)26)22-18-5-2-1-4-17(18)8-12-28(22)23(29)30-16-24-9-13-27(14-10-24)15-11-24/h2*1-7,22H,8-16H2/t2*22-/m10/s1. The molecular formula is C48H52F4N4O4. The van der Waals surface area contributed by atoms with Crippen molar-refractivity contribution in [1.29, 1.82) is 0 Å². The minimum absolute atomic E-state index is 0.0672. The van der Waals surface area contributed by atoms with E-state index in [4.69, 9.17) is 9.47 Å². The SMILES string of the molecule is O=C(OCC12CCN(CC1)CC2)N1CCc2ccccc2[C@@H]1c1cccc(F)c1F.O=C(OCC12CCN(CC1)CC2)N1CCc2ccccc2[C@H]1c1cccc(F)c1F. The molecule has 6 fully saturated rings. The molecule has 0 unspecified atom stereocenters. The number of carbonyl (C=O) groups is 2. The summed E-state index contributed by atoms with van der Waals surface area (Å²) in [5.41, 5.74) is 4.23. The van der Waals surface area contributed by atoms with Crippen molar-refractivity contribution in [3.8, 4) is 0 Å². The summed E-state index contributed by atoms with van der Waals surface area (Å²) in [6.45, 7) is 7.99. The number of nitrogens with zero attached hydrogens (tertiary/aromatic N) is 4. The van der Waals surface area contributed by atoms with Crippen LogP contribution in [0.4, 0.5) is 27.2 Å². The van der Waals surface area contributed by atoms with Crippen LogP contribution in [-0.2, 0) is 22.3 Å². The molecule has 60 heavy (non-hydrogen) atoms. The van der Waals surface area contributed by atoms with Crippen molar-refractivity contribution < 1.29 is 36.6 Å². The van der Waals surface area contributed by atoms with Crippen LogP contribution in [0, 0.1) is 34.1 Å². The van der Waals surface area contributed by atoms with E-state index in [-0.39, 0.29) is 22.0 Å². The molecule has 2 atom stereocenters. The highest BCUT2D eigenvalue weighted by molar-refractivity contribution is 5.71. The van der Waals surface area contributed by atoms with E-state index in [2.05, 4.69) is 9.80 Å². The van der Waals surface area contributed by atoms with Gasteiger partial charge in [0.1, 0.15) is 0 Å². The quantitative estimate of drug-likeness (QED) is 0.181. The lowest BCUT2D eigenvalue weighted by Gasteiger charge is -2.48. The number of piperidine rings is 6. The number of benzene rings is 4. The predicted molar refractivity (Wildman–Crippen MR) is 218 cm³/mol. The number of rotatable bonds is 6. The first-order valence-electron chi connectivity index (χ1n) is 21.5. The maximum absolute atomic E-state index is 14.8. The van der Waals surface area contributed by atoms with Gasteiger partial charge in [-0.2, -0.15) is 0 Å². The highest BCUT2D eigenvalue weighted by Crippen LogP contribution is 2.43. The Kier molecular flexibility index (Phi) is 11.4. The number of carbonyl (C=O) groups excluding carboxylic acids is 2. The van der Waals surface area contributed by atoms with Gasteiger partial charge in [-0.25, -0.2) is 27.2 Å². The average Bonchev–Trinajstić information content (AvgIpc) is 3.30. The number of hydrogen-bond donors (Lipinski definition) is 0. The fourth-order valence-corrected chi connectivity index (χ4v) is 10.5. The zero-order valence-corrected chi connectivity index (χ0v) is 33.9. The molecule has 316 valence electrons. The Balaban J connectivity index is 0.000000154. The lowest BCUT2D eigenvalue weighted by atomic mass is 9.73. The van der Waals surface area contributed by atoms with Crippen LogP contribution >= 0.6 is 0 Å². The van der Waals surface area contributed by atoms with Gasteiger partial charge < -0.3 is 19.3 Å². The molecule has 0 aromatic heterocycles. The fourth-order valence-electron chi connectivity index (χ4n) is 10.5. The van der Waals surface area contributed by atoms with Crippen LogP contribution in [0.3, 0.4) is 0 Å². The van der Waals surface area contributed by atoms with Crippen LogP contribution in [0.1, 0.15) is 84.0 Å². The normalized spacial score (nSPS) is 27.6. The van der Waals surface area contributed by atoms with Gasteiger partial charge in [-0.15, -0.1) is 0 Å². The minimum Gasteiger partial charge on any atom is -0.449 e. The highest BCUT2D eigenvalue weighted by Gasteiger charge is 2.44. The van der Waals surface area contributed by atoms with Crippen LogP contribution in [0.25, 0.3) is 0 Å². The predicted octanol–water partition coefficient (Wildman–Crippen LogP) is 9.07. The van der Waals surface area contributed by atoms with Crippen molar-refractivity contribution in [3.05, 3.63) is 142 Å². The van der Waals surface area contributed by atoms with E-state index in [1.54, 1.807) is 21.9 Å². The zero-order chi connectivity index (χ0) is 41.4. The first kappa shape index (κ1) is 40.5. The Morgan fingerprint density at radius 3 is 1.22 bits per heavy atom. The number of hydrogen-bond acceptors (Lipinski definition) is 6. The molecule has 4 aromatic rings. The monoisotopic (exact) mass is 824 g/mol. The van der Waals surface area contributed by atoms with Crippen LogP contribution in [0.2, 0.25) is 0 Å². The molecule has 0 N–H and O–H groups in total. The van der Waals surface area contributed by atoms with E-state index in [9.17, 15) is 27.2 Å². The Hall–Kier alpha value is -4.94. The lowest BCUT2D eigenvalue weighted by Crippen LogP contribution is -2.51. The van der Waals surface area contributed by atoms with Crippen LogP contribution in [0.15, 0.2) is 84.9 Å². The maximum Gasteiger partial charge on any atom is 0.410 e. The molecule has 8 heterocycles. The summed E-state index contributed by atoms with van der Waals surface area (Å²) in [5, 5.41) is 0. The molecular weight excluding hydrogens is 773 g/mol. The third-order valence-corrected chi connectivity index (χ3v) is 14.3. The van der Waals surface area contributed by atoms with Gasteiger partial charge in [0.2, 0.25) is 0 Å². The summed E-state index contributed by atoms with van der Waals surface area (Å²) in [7, 11) is 0. The van der Waals surface area contributed by atoms with E-state index < -0.39 is 47.5 Å². The van der Waals surface area contributed by atoms with E-state index in [0.29, 0.717) is 39.1 Å². The third-order valence-electron chi connectivity index (χ3n) is 14.3. The second-order valence-corrected chi connectivity index (χ2v) is 17.7. The van der Waals surface area contributed by atoms with Gasteiger partial charge in [0, 0.05) is 35.0 Å². The zero-order valence-electron chi connectivity index (χ0n) is 33.9. The summed E-state index contributed by atoms with van der Waals surface area (Å²) in [4.78, 5) is 34.4. The van der Waals surface area contributed by atoms with E-state index in [1.807, 2.05) is 48.5 Å². The van der Waals surface area contributed by atoms with Crippen molar-refractivity contribution in [1.82, 2.24) is 19.6 Å². The molecule has 8 nitrogen and oxygen atoms in total. The fraction of sp³-hybridized carbons (Fsp3) is 0.458. The molecule has 12 heteroatoms. The van der Waals surface area contributed by atoms with Gasteiger partial charge in [0.25, 0.3) is 0 Å². The van der Waals surface area contributed by atoms with Gasteiger partial charge >= 0.3 is 12.2 Å². The van der Waals surface area contributed by atoms with Crippen molar-refractivity contribution in [3.63, 3.8) is 0 Å². The van der Waals surface area contributed by atoms with E-state index >= 15 is 0 Å². The number of fused-ring (bicyclic) bond motifs is 8. The van der Waals surface area contributed by atoms with Crippen molar-refractivity contribution in [2.75, 3.05) is 65.6 Å². The molecule has 2 amide bonds. The Morgan fingerprint density at radius 2 is 0.833 bits per heavy atom. The van der Waals surface area contributed by atoms with Crippen molar-refractivity contribution in [2.24, 2.45) is 10.8 Å². The maximum atomic E-state index is 14.8. The largest absolute Gasteiger partial charge is 0.449 e. The van der Waals surface area contributed by atoms with E-state index in [0.717, 1.165) is 112 Å². The second-order valence-electron chi connectivity index (χ2n) is 17.7. The summed E-state index contributed by atoms with van der Waals surface area (Å²) >= 11 is 0. The Morgan fingerprint density at radius 1 is 0.483 bits per heavy atom. The lowest BCUT2D eigenvalue weighted by molar-refractivity contribution is -0.0301. The van der Waals surface area contributed by atoms with Crippen molar-refractivity contribution in [2.45, 2.75) is 63.5 Å². The number of halogens is 4. The molecule has 4 aromatic carbocycles. The van der Waals surface area contributed by atoms with Gasteiger partial charge in [-0.05, 0) is 125 Å². The Labute approximate surface area is 349 Å². The molecule has 4 bridgehead atoms. The summed E-state index contributed by atoms with van der Waals surface area (Å²) in [5.74, 6) is -3.63. The minimum atomic E-state index is -0.907. The average molecular weight is 825 g/mol. The molecule has 12 rings (SSSR count). The van der Waals surface area contributed by atoms with Gasteiger partial charge in [0.15, 0.2) is 23.3 Å². The molecule has 0 radical (unpaired) electrons. The van der Waals surface area contributed by atoms with Crippen LogP contribution < -0.4 is 0 Å². The molecule has 0 spiro atoms. The molecule has 0 aliphatic carbocycles. The van der Waals surface area contributed by atoms with Crippen LogP contribution in [0.5, 0.6) is 0 Å². The third kappa shape index (κ3) is 7.88. The molecule has 8 aliphatic rings. The first-order valence-corrected chi connectivity index (χ1v) is 21.5. The number of ether oxygens (including phenoxy) is 2. The highest BCUT2D eigenvalue weighted by atomic mass is 19.2. The van der Waals surface area contributed by atoms with Crippen molar-refractivity contribution >= 4 is 12.2 Å². The van der Waals surface area contributed by atoms with Gasteiger partial charge in [-0.1, -0.05) is 72.8 Å². The summed E-state index contributed by atoms with van der Waals surface area (Å²) in [6.07, 6.45) is 6.72. The van der Waals surface area contributed by atoms with Gasteiger partial charge in [-0.3, -0.25) is 9.80 Å². The van der Waals surface area contributed by atoms with Gasteiger partial charge in [0.05, 0.1) is 25.3 Å². The first-order chi connectivity index (χ1) is 29.1. The molecule has 0 saturated carbocycles. The summed E-state index contributed by atoms with van der Waals surface area (Å²) in [6, 6.07) is 22.3. The smallest absolute Gasteiger partial charge is 0.410 e. The number of amides is 2. The Bertz CT molecular complexity index is 2040. The second kappa shape index (κ2) is 16.8. The topological polar surface area (TPSA) is 65.6 Å².